The van der Waals surface area contributed by atoms with Crippen molar-refractivity contribution in [3.8, 4) is 6.01 Å². The van der Waals surface area contributed by atoms with Gasteiger partial charge in [-0.05, 0) is 26.7 Å². The molecule has 1 fully saturated rings. The van der Waals surface area contributed by atoms with Crippen molar-refractivity contribution in [3.63, 3.8) is 0 Å². The van der Waals surface area contributed by atoms with Crippen molar-refractivity contribution in [1.82, 2.24) is 15.3 Å². The summed E-state index contributed by atoms with van der Waals surface area (Å²) in [7, 11) is 0. The molecule has 0 radical (unpaired) electrons. The van der Waals surface area contributed by atoms with E-state index in [1.54, 1.807) is 0 Å². The van der Waals surface area contributed by atoms with Crippen LogP contribution in [0, 0.1) is 6.92 Å². The fourth-order valence-electron chi connectivity index (χ4n) is 1.47. The number of ether oxygens (including phenoxy) is 1. The van der Waals surface area contributed by atoms with Crippen LogP contribution in [0.3, 0.4) is 0 Å². The third-order valence-electron chi connectivity index (χ3n) is 2.76. The van der Waals surface area contributed by atoms with E-state index in [0.717, 1.165) is 17.8 Å². The van der Waals surface area contributed by atoms with Gasteiger partial charge in [0.05, 0.1) is 0 Å². The largest absolute Gasteiger partial charge is 0.459 e. The first-order valence-electron chi connectivity index (χ1n) is 6.09. The maximum atomic E-state index is 5.39. The minimum atomic E-state index is 0.454. The highest BCUT2D eigenvalue weighted by Crippen LogP contribution is 2.19. The van der Waals surface area contributed by atoms with Gasteiger partial charge < -0.3 is 10.1 Å². The highest BCUT2D eigenvalue weighted by Gasteiger charge is 2.20. The Labute approximate surface area is 102 Å². The number of nitrogens with one attached hydrogen (secondary N) is 1. The number of nitrogens with zero attached hydrogens (tertiary/aromatic N) is 2. The molecule has 4 nitrogen and oxygen atoms in total. The first-order valence-corrected chi connectivity index (χ1v) is 6.09. The summed E-state index contributed by atoms with van der Waals surface area (Å²) in [5, 5.41) is 3.45. The second kappa shape index (κ2) is 5.77. The molecule has 0 unspecified atom stereocenters. The number of allylic oxidation sites excluding steroid dienone is 1. The molecule has 1 saturated carbocycles. The smallest absolute Gasteiger partial charge is 0.316 e. The molecule has 92 valence electrons. The summed E-state index contributed by atoms with van der Waals surface area (Å²) in [6, 6.07) is 1.16. The van der Waals surface area contributed by atoms with Crippen molar-refractivity contribution in [3.05, 3.63) is 29.6 Å². The first-order chi connectivity index (χ1) is 8.29. The van der Waals surface area contributed by atoms with Crippen LogP contribution >= 0.6 is 0 Å². The van der Waals surface area contributed by atoms with E-state index < -0.39 is 0 Å². The topological polar surface area (TPSA) is 47.0 Å². The van der Waals surface area contributed by atoms with Crippen LogP contribution in [0.5, 0.6) is 6.01 Å². The van der Waals surface area contributed by atoms with Crippen LogP contribution in [0.15, 0.2) is 18.3 Å². The number of aromatic nitrogens is 2. The monoisotopic (exact) mass is 233 g/mol. The second-order valence-electron chi connectivity index (χ2n) is 4.30. The molecule has 1 aliphatic carbocycles. The van der Waals surface area contributed by atoms with E-state index in [1.807, 2.05) is 32.2 Å². The minimum Gasteiger partial charge on any atom is -0.459 e. The Bertz CT molecular complexity index is 400. The highest BCUT2D eigenvalue weighted by molar-refractivity contribution is 5.18. The zero-order valence-corrected chi connectivity index (χ0v) is 10.4. The molecule has 0 amide bonds. The Morgan fingerprint density at radius 2 is 2.35 bits per heavy atom. The Morgan fingerprint density at radius 1 is 1.53 bits per heavy atom. The van der Waals surface area contributed by atoms with Gasteiger partial charge in [0.2, 0.25) is 0 Å². The SMILES string of the molecule is C/C=C/COc1ncc(CNC2CC2)c(C)n1. The van der Waals surface area contributed by atoms with Crippen LogP contribution in [-0.2, 0) is 6.54 Å². The van der Waals surface area contributed by atoms with E-state index in [-0.39, 0.29) is 0 Å². The molecule has 0 aromatic carbocycles. The van der Waals surface area contributed by atoms with E-state index in [0.29, 0.717) is 18.7 Å². The molecule has 17 heavy (non-hydrogen) atoms. The van der Waals surface area contributed by atoms with Gasteiger partial charge >= 0.3 is 6.01 Å². The molecular weight excluding hydrogens is 214 g/mol. The van der Waals surface area contributed by atoms with Gasteiger partial charge in [-0.15, -0.1) is 0 Å². The van der Waals surface area contributed by atoms with Crippen molar-refractivity contribution >= 4 is 0 Å². The summed E-state index contributed by atoms with van der Waals surface area (Å²) in [6.07, 6.45) is 8.32. The summed E-state index contributed by atoms with van der Waals surface area (Å²) < 4.78 is 5.39. The van der Waals surface area contributed by atoms with Crippen LogP contribution in [0.1, 0.15) is 31.0 Å². The van der Waals surface area contributed by atoms with Gasteiger partial charge in [0.25, 0.3) is 0 Å². The lowest BCUT2D eigenvalue weighted by molar-refractivity contribution is 0.331. The molecule has 0 saturated heterocycles. The molecule has 1 aromatic heterocycles. The van der Waals surface area contributed by atoms with Crippen molar-refractivity contribution in [2.24, 2.45) is 0 Å². The molecule has 2 rings (SSSR count). The number of hydrogen-bond acceptors (Lipinski definition) is 4. The Hall–Kier alpha value is -1.42. The van der Waals surface area contributed by atoms with Crippen LogP contribution in [-0.4, -0.2) is 22.6 Å². The van der Waals surface area contributed by atoms with Crippen molar-refractivity contribution in [2.75, 3.05) is 6.61 Å². The van der Waals surface area contributed by atoms with Gasteiger partial charge in [0, 0.05) is 30.0 Å². The molecular formula is C13H19N3O. The van der Waals surface area contributed by atoms with Gasteiger partial charge in [0.1, 0.15) is 6.61 Å². The quantitative estimate of drug-likeness (QED) is 0.763. The summed E-state index contributed by atoms with van der Waals surface area (Å²) >= 11 is 0. The maximum absolute atomic E-state index is 5.39. The molecule has 1 N–H and O–H groups in total. The van der Waals surface area contributed by atoms with Gasteiger partial charge in [-0.25, -0.2) is 9.97 Å². The van der Waals surface area contributed by atoms with E-state index >= 15 is 0 Å². The van der Waals surface area contributed by atoms with E-state index in [2.05, 4.69) is 15.3 Å². The van der Waals surface area contributed by atoms with Crippen LogP contribution < -0.4 is 10.1 Å². The van der Waals surface area contributed by atoms with Crippen molar-refractivity contribution in [2.45, 2.75) is 39.3 Å². The third-order valence-corrected chi connectivity index (χ3v) is 2.76. The highest BCUT2D eigenvalue weighted by atomic mass is 16.5. The fraction of sp³-hybridized carbons (Fsp3) is 0.538. The molecule has 1 aromatic rings. The Morgan fingerprint density at radius 3 is 3.00 bits per heavy atom. The van der Waals surface area contributed by atoms with Crippen LogP contribution in [0.2, 0.25) is 0 Å². The van der Waals surface area contributed by atoms with E-state index in [4.69, 9.17) is 4.74 Å². The number of hydrogen-bond donors (Lipinski definition) is 1. The minimum absolute atomic E-state index is 0.454. The van der Waals surface area contributed by atoms with E-state index in [9.17, 15) is 0 Å². The van der Waals surface area contributed by atoms with Crippen molar-refractivity contribution in [1.29, 1.82) is 0 Å². The summed E-state index contributed by atoms with van der Waals surface area (Å²) in [5.41, 5.74) is 2.14. The Kier molecular flexibility index (Phi) is 4.09. The lowest BCUT2D eigenvalue weighted by atomic mass is 10.2. The second-order valence-corrected chi connectivity index (χ2v) is 4.30. The van der Waals surface area contributed by atoms with Gasteiger partial charge in [-0.3, -0.25) is 0 Å². The van der Waals surface area contributed by atoms with E-state index in [1.165, 1.54) is 12.8 Å². The fourth-order valence-corrected chi connectivity index (χ4v) is 1.47. The lowest BCUT2D eigenvalue weighted by Crippen LogP contribution is -2.16. The standard InChI is InChI=1S/C13H19N3O/c1-3-4-7-17-13-15-9-11(10(2)16-13)8-14-12-5-6-12/h3-4,9,12,14H,5-8H2,1-2H3/b4-3+. The van der Waals surface area contributed by atoms with Crippen LogP contribution in [0.4, 0.5) is 0 Å². The average Bonchev–Trinajstić information content (AvgIpc) is 3.12. The zero-order chi connectivity index (χ0) is 12.1. The molecule has 0 spiro atoms. The molecule has 0 atom stereocenters. The van der Waals surface area contributed by atoms with Gasteiger partial charge in [-0.1, -0.05) is 12.2 Å². The molecule has 4 heteroatoms. The predicted molar refractivity (Wildman–Crippen MR) is 66.9 cm³/mol. The predicted octanol–water partition coefficient (Wildman–Crippen LogP) is 1.99. The van der Waals surface area contributed by atoms with Crippen LogP contribution in [0.25, 0.3) is 0 Å². The normalized spacial score (nSPS) is 15.4. The first kappa shape index (κ1) is 12.0. The van der Waals surface area contributed by atoms with Crippen molar-refractivity contribution < 1.29 is 4.74 Å². The van der Waals surface area contributed by atoms with Gasteiger partial charge in [-0.2, -0.15) is 0 Å². The third kappa shape index (κ3) is 3.82. The van der Waals surface area contributed by atoms with Gasteiger partial charge in [0.15, 0.2) is 0 Å². The lowest BCUT2D eigenvalue weighted by Gasteiger charge is -2.07. The molecule has 0 bridgehead atoms. The number of aryl methyl sites for hydroxylation is 1. The summed E-state index contributed by atoms with van der Waals surface area (Å²) in [5.74, 6) is 0. The molecule has 1 heterocycles. The molecule has 1 aliphatic rings. The molecule has 0 aliphatic heterocycles. The maximum Gasteiger partial charge on any atom is 0.316 e. The average molecular weight is 233 g/mol. The Balaban J connectivity index is 1.90. The zero-order valence-electron chi connectivity index (χ0n) is 10.4. The summed E-state index contributed by atoms with van der Waals surface area (Å²) in [4.78, 5) is 8.54. The summed E-state index contributed by atoms with van der Waals surface area (Å²) in [6.45, 7) is 5.33. The number of rotatable bonds is 6.